The Hall–Kier alpha value is -1.21. The highest BCUT2D eigenvalue weighted by Gasteiger charge is 2.16. The molecule has 0 saturated carbocycles. The van der Waals surface area contributed by atoms with E-state index in [2.05, 4.69) is 11.3 Å². The van der Waals surface area contributed by atoms with Crippen LogP contribution >= 0.6 is 0 Å². The summed E-state index contributed by atoms with van der Waals surface area (Å²) < 4.78 is 5.11. The Kier molecular flexibility index (Phi) is 6.59. The number of nitrogens with zero attached hydrogens (tertiary/aromatic N) is 1. The zero-order valence-electron chi connectivity index (χ0n) is 10.7. The van der Waals surface area contributed by atoms with E-state index in [1.807, 2.05) is 20.8 Å². The van der Waals surface area contributed by atoms with Crippen LogP contribution in [0.15, 0.2) is 0 Å². The predicted molar refractivity (Wildman–Crippen MR) is 64.7 cm³/mol. The number of unbranched alkanes of at least 4 members (excludes halogenated alkanes) is 2. The molecule has 0 aliphatic carbocycles. The third-order valence-corrected chi connectivity index (χ3v) is 1.75. The monoisotopic (exact) mass is 226 g/mol. The van der Waals surface area contributed by atoms with Gasteiger partial charge in [0.05, 0.1) is 0 Å². The van der Waals surface area contributed by atoms with Crippen LogP contribution in [0, 0.1) is 12.3 Å². The third kappa shape index (κ3) is 9.35. The molecule has 92 valence electrons. The lowest BCUT2D eigenvalue weighted by Crippen LogP contribution is -2.42. The highest BCUT2D eigenvalue weighted by molar-refractivity contribution is 5.66. The first-order valence-electron chi connectivity index (χ1n) is 5.49. The van der Waals surface area contributed by atoms with E-state index in [9.17, 15) is 4.79 Å². The van der Waals surface area contributed by atoms with Crippen LogP contribution in [0.25, 0.3) is 0 Å². The number of carbonyl (C=O) groups is 1. The van der Waals surface area contributed by atoms with Gasteiger partial charge < -0.3 is 4.74 Å². The summed E-state index contributed by atoms with van der Waals surface area (Å²) in [4.78, 5) is 11.4. The van der Waals surface area contributed by atoms with Gasteiger partial charge in [0.15, 0.2) is 0 Å². The van der Waals surface area contributed by atoms with Crippen LogP contribution in [0.5, 0.6) is 0 Å². The lowest BCUT2D eigenvalue weighted by Gasteiger charge is -2.23. The Morgan fingerprint density at radius 2 is 2.06 bits per heavy atom. The molecule has 0 spiro atoms. The number of nitrogens with one attached hydrogen (secondary N) is 1. The van der Waals surface area contributed by atoms with Gasteiger partial charge in [-0.3, -0.25) is 5.43 Å². The lowest BCUT2D eigenvalue weighted by atomic mass is 10.2. The molecule has 0 fully saturated rings. The average Bonchev–Trinajstić information content (AvgIpc) is 2.09. The molecule has 1 N–H and O–H groups in total. The van der Waals surface area contributed by atoms with Crippen LogP contribution < -0.4 is 5.43 Å². The smallest absolute Gasteiger partial charge is 0.422 e. The van der Waals surface area contributed by atoms with Gasteiger partial charge in [0.25, 0.3) is 0 Å². The van der Waals surface area contributed by atoms with Crippen molar-refractivity contribution in [2.75, 3.05) is 13.6 Å². The van der Waals surface area contributed by atoms with Crippen molar-refractivity contribution in [3.8, 4) is 12.3 Å². The molecule has 4 nitrogen and oxygen atoms in total. The molecule has 0 aromatic carbocycles. The summed E-state index contributed by atoms with van der Waals surface area (Å²) in [6.07, 6.45) is 7.42. The van der Waals surface area contributed by atoms with E-state index in [0.29, 0.717) is 0 Å². The van der Waals surface area contributed by atoms with Gasteiger partial charge in [0.1, 0.15) is 5.60 Å². The molecular weight excluding hydrogens is 204 g/mol. The number of ether oxygens (including phenoxy) is 1. The maximum absolute atomic E-state index is 11.4. The Morgan fingerprint density at radius 3 is 2.56 bits per heavy atom. The van der Waals surface area contributed by atoms with Gasteiger partial charge >= 0.3 is 6.09 Å². The van der Waals surface area contributed by atoms with Crippen molar-refractivity contribution in [3.05, 3.63) is 0 Å². The summed E-state index contributed by atoms with van der Waals surface area (Å²) in [7, 11) is 1.81. The fraction of sp³-hybridized carbons (Fsp3) is 0.750. The normalized spacial score (nSPS) is 11.0. The Bertz CT molecular complexity index is 251. The van der Waals surface area contributed by atoms with E-state index in [-0.39, 0.29) is 0 Å². The van der Waals surface area contributed by atoms with E-state index in [0.717, 1.165) is 25.8 Å². The third-order valence-electron chi connectivity index (χ3n) is 1.75. The quantitative estimate of drug-likeness (QED) is 0.444. The van der Waals surface area contributed by atoms with Crippen molar-refractivity contribution in [1.29, 1.82) is 0 Å². The van der Waals surface area contributed by atoms with Gasteiger partial charge in [0.2, 0.25) is 0 Å². The minimum atomic E-state index is -0.464. The molecule has 0 bridgehead atoms. The van der Waals surface area contributed by atoms with Crippen LogP contribution in [0.2, 0.25) is 0 Å². The van der Waals surface area contributed by atoms with Gasteiger partial charge in [-0.05, 0) is 33.6 Å². The lowest BCUT2D eigenvalue weighted by molar-refractivity contribution is 0.0367. The number of terminal acetylenes is 1. The van der Waals surface area contributed by atoms with E-state index in [1.165, 1.54) is 0 Å². The van der Waals surface area contributed by atoms with Crippen molar-refractivity contribution in [2.24, 2.45) is 0 Å². The molecule has 16 heavy (non-hydrogen) atoms. The summed E-state index contributed by atoms with van der Waals surface area (Å²) in [5, 5.41) is 1.71. The highest BCUT2D eigenvalue weighted by atomic mass is 16.6. The van der Waals surface area contributed by atoms with E-state index < -0.39 is 11.7 Å². The minimum absolute atomic E-state index is 0.424. The Balaban J connectivity index is 3.67. The van der Waals surface area contributed by atoms with E-state index in [1.54, 1.807) is 12.1 Å². The molecule has 4 heteroatoms. The van der Waals surface area contributed by atoms with Crippen LogP contribution in [0.4, 0.5) is 4.79 Å². The molecule has 0 atom stereocenters. The van der Waals surface area contributed by atoms with Crippen LogP contribution in [0.3, 0.4) is 0 Å². The van der Waals surface area contributed by atoms with Gasteiger partial charge in [-0.15, -0.1) is 12.3 Å². The second-order valence-corrected chi connectivity index (χ2v) is 4.70. The van der Waals surface area contributed by atoms with Crippen molar-refractivity contribution in [1.82, 2.24) is 10.4 Å². The van der Waals surface area contributed by atoms with Crippen molar-refractivity contribution < 1.29 is 9.53 Å². The summed E-state index contributed by atoms with van der Waals surface area (Å²) in [5.74, 6) is 2.58. The molecule has 0 saturated heterocycles. The second-order valence-electron chi connectivity index (χ2n) is 4.70. The van der Waals surface area contributed by atoms with Gasteiger partial charge in [-0.25, -0.2) is 9.80 Å². The maximum atomic E-state index is 11.4. The summed E-state index contributed by atoms with van der Waals surface area (Å²) >= 11 is 0. The van der Waals surface area contributed by atoms with Crippen LogP contribution in [-0.4, -0.2) is 30.3 Å². The second kappa shape index (κ2) is 7.13. The number of carbonyl (C=O) groups excluding carboxylic acids is 1. The number of rotatable bonds is 5. The largest absolute Gasteiger partial charge is 0.443 e. The number of hydrazine groups is 1. The fourth-order valence-electron chi connectivity index (χ4n) is 1.09. The van der Waals surface area contributed by atoms with Gasteiger partial charge in [-0.2, -0.15) is 0 Å². The van der Waals surface area contributed by atoms with Crippen LogP contribution in [-0.2, 0) is 4.74 Å². The predicted octanol–water partition coefficient (Wildman–Crippen LogP) is 2.16. The Labute approximate surface area is 98.3 Å². The van der Waals surface area contributed by atoms with Gasteiger partial charge in [-0.1, -0.05) is 0 Å². The molecule has 0 aliphatic heterocycles. The highest BCUT2D eigenvalue weighted by Crippen LogP contribution is 2.06. The number of hydrogen-bond donors (Lipinski definition) is 1. The summed E-state index contributed by atoms with van der Waals surface area (Å²) in [5.41, 5.74) is 2.17. The first-order chi connectivity index (χ1) is 7.35. The standard InChI is InChI=1S/C12H22N2O2/c1-6-7-8-9-10-14(5)13-11(15)16-12(2,3)4/h1H,7-10H2,2-5H3,(H,13,15). The molecule has 0 heterocycles. The molecular formula is C12H22N2O2. The molecule has 1 amide bonds. The molecule has 0 rings (SSSR count). The topological polar surface area (TPSA) is 41.6 Å². The summed E-state index contributed by atoms with van der Waals surface area (Å²) in [6, 6.07) is 0. The van der Waals surface area contributed by atoms with Crippen LogP contribution in [0.1, 0.15) is 40.0 Å². The average molecular weight is 226 g/mol. The first-order valence-corrected chi connectivity index (χ1v) is 5.49. The van der Waals surface area contributed by atoms with E-state index >= 15 is 0 Å². The van der Waals surface area contributed by atoms with Gasteiger partial charge in [0, 0.05) is 20.0 Å². The number of amides is 1. The van der Waals surface area contributed by atoms with Crippen molar-refractivity contribution in [3.63, 3.8) is 0 Å². The number of hydrogen-bond acceptors (Lipinski definition) is 3. The molecule has 0 aliphatic rings. The SMILES string of the molecule is C#CCCCCN(C)NC(=O)OC(C)(C)C. The van der Waals surface area contributed by atoms with Crippen molar-refractivity contribution >= 4 is 6.09 Å². The molecule has 0 aromatic rings. The zero-order chi connectivity index (χ0) is 12.6. The first kappa shape index (κ1) is 14.8. The fourth-order valence-corrected chi connectivity index (χ4v) is 1.09. The molecule has 0 radical (unpaired) electrons. The van der Waals surface area contributed by atoms with Crippen molar-refractivity contribution in [2.45, 2.75) is 45.6 Å². The summed E-state index contributed by atoms with van der Waals surface area (Å²) in [6.45, 7) is 6.26. The van der Waals surface area contributed by atoms with E-state index in [4.69, 9.17) is 11.2 Å². The molecule has 0 unspecified atom stereocenters. The maximum Gasteiger partial charge on any atom is 0.422 e. The minimum Gasteiger partial charge on any atom is -0.443 e. The Morgan fingerprint density at radius 1 is 1.44 bits per heavy atom. The zero-order valence-corrected chi connectivity index (χ0v) is 10.7. The molecule has 0 aromatic heterocycles.